The lowest BCUT2D eigenvalue weighted by Crippen LogP contribution is -2.42. The monoisotopic (exact) mass is 344 g/mol. The Bertz CT molecular complexity index is 557. The normalized spacial score (nSPS) is 17.0. The first-order chi connectivity index (χ1) is 11.0. The van der Waals surface area contributed by atoms with Gasteiger partial charge in [-0.15, -0.1) is 0 Å². The van der Waals surface area contributed by atoms with Crippen molar-refractivity contribution in [2.75, 3.05) is 13.1 Å². The zero-order chi connectivity index (χ0) is 18.0. The van der Waals surface area contributed by atoms with Crippen LogP contribution >= 0.6 is 0 Å². The summed E-state index contributed by atoms with van der Waals surface area (Å²) in [4.78, 5) is 17.7. The Morgan fingerprint density at radius 3 is 2.33 bits per heavy atom. The summed E-state index contributed by atoms with van der Waals surface area (Å²) in [5.41, 5.74) is -0.841. The van der Waals surface area contributed by atoms with Crippen LogP contribution in [-0.2, 0) is 11.0 Å². The molecule has 1 aromatic heterocycles. The molecule has 2 heterocycles. The van der Waals surface area contributed by atoms with E-state index in [1.807, 2.05) is 25.7 Å². The summed E-state index contributed by atoms with van der Waals surface area (Å²) in [5, 5.41) is 0. The van der Waals surface area contributed by atoms with E-state index >= 15 is 0 Å². The van der Waals surface area contributed by atoms with Crippen LogP contribution in [0.4, 0.5) is 13.2 Å². The minimum absolute atomic E-state index is 0.0470. The number of alkyl halides is 3. The number of hydrogen-bond donors (Lipinski definition) is 0. The molecule has 0 radical (unpaired) electrons. The van der Waals surface area contributed by atoms with Crippen molar-refractivity contribution < 1.29 is 22.7 Å². The Labute approximate surface area is 140 Å². The van der Waals surface area contributed by atoms with E-state index in [4.69, 9.17) is 4.74 Å². The fourth-order valence-electron chi connectivity index (χ4n) is 2.58. The number of likely N-dealkylation sites (tertiary alicyclic amines) is 1. The number of hydrogen-bond acceptors (Lipinski definition) is 3. The molecule has 1 aliphatic heterocycles. The molecule has 1 amide bonds. The van der Waals surface area contributed by atoms with Crippen molar-refractivity contribution in [3.63, 3.8) is 0 Å². The van der Waals surface area contributed by atoms with Crippen molar-refractivity contribution in [2.24, 2.45) is 5.41 Å². The van der Waals surface area contributed by atoms with Crippen LogP contribution in [0.5, 0.6) is 5.88 Å². The lowest BCUT2D eigenvalue weighted by molar-refractivity contribution is -0.138. The average molecular weight is 344 g/mol. The molecule has 1 aromatic rings. The molecule has 4 nitrogen and oxygen atoms in total. The number of halogens is 3. The third kappa shape index (κ3) is 5.39. The topological polar surface area (TPSA) is 42.4 Å². The lowest BCUT2D eigenvalue weighted by atomic mass is 9.91. The van der Waals surface area contributed by atoms with Gasteiger partial charge in [0.05, 0.1) is 5.56 Å². The number of carbonyl (C=O) groups is 1. The number of rotatable bonds is 3. The maximum absolute atomic E-state index is 12.5. The van der Waals surface area contributed by atoms with E-state index in [0.29, 0.717) is 32.4 Å². The van der Waals surface area contributed by atoms with Crippen LogP contribution in [0.3, 0.4) is 0 Å². The van der Waals surface area contributed by atoms with Crippen molar-refractivity contribution in [1.82, 2.24) is 9.88 Å². The molecule has 0 aromatic carbocycles. The Kier molecular flexibility index (Phi) is 5.40. The highest BCUT2D eigenvalue weighted by Gasteiger charge is 2.31. The van der Waals surface area contributed by atoms with Gasteiger partial charge in [0.2, 0.25) is 11.8 Å². The number of amides is 1. The van der Waals surface area contributed by atoms with Gasteiger partial charge >= 0.3 is 6.18 Å². The standard InChI is InChI=1S/C17H23F3N2O2/c1-16(2,3)10-15(23)22-8-6-13(7-9-22)24-14-5-4-12(11-21-14)17(18,19)20/h4-5,11,13H,6-10H2,1-3H3. The van der Waals surface area contributed by atoms with E-state index < -0.39 is 11.7 Å². The molecule has 0 saturated carbocycles. The molecule has 24 heavy (non-hydrogen) atoms. The average Bonchev–Trinajstić information content (AvgIpc) is 2.46. The molecule has 1 saturated heterocycles. The second-order valence-electron chi connectivity index (χ2n) is 7.32. The van der Waals surface area contributed by atoms with Crippen LogP contribution in [0.15, 0.2) is 18.3 Å². The Morgan fingerprint density at radius 2 is 1.88 bits per heavy atom. The Morgan fingerprint density at radius 1 is 1.25 bits per heavy atom. The third-order valence-corrected chi connectivity index (χ3v) is 3.83. The number of pyridine rings is 1. The first kappa shape index (κ1) is 18.5. The SMILES string of the molecule is CC(C)(C)CC(=O)N1CCC(Oc2ccc(C(F)(F)F)cn2)CC1. The highest BCUT2D eigenvalue weighted by molar-refractivity contribution is 5.76. The second-order valence-corrected chi connectivity index (χ2v) is 7.32. The smallest absolute Gasteiger partial charge is 0.417 e. The number of nitrogens with zero attached hydrogens (tertiary/aromatic N) is 2. The summed E-state index contributed by atoms with van der Waals surface area (Å²) in [6, 6.07) is 2.20. The molecule has 2 rings (SSSR count). The van der Waals surface area contributed by atoms with Crippen molar-refractivity contribution in [3.8, 4) is 5.88 Å². The van der Waals surface area contributed by atoms with Gasteiger partial charge in [-0.25, -0.2) is 4.98 Å². The summed E-state index contributed by atoms with van der Waals surface area (Å²) in [5.74, 6) is 0.316. The first-order valence-corrected chi connectivity index (χ1v) is 8.02. The summed E-state index contributed by atoms with van der Waals surface area (Å²) < 4.78 is 43.1. The van der Waals surface area contributed by atoms with Crippen LogP contribution < -0.4 is 4.74 Å². The van der Waals surface area contributed by atoms with Crippen LogP contribution in [0.25, 0.3) is 0 Å². The van der Waals surface area contributed by atoms with E-state index in [9.17, 15) is 18.0 Å². The molecule has 0 N–H and O–H groups in total. The van der Waals surface area contributed by atoms with E-state index in [2.05, 4.69) is 4.98 Å². The molecule has 0 atom stereocenters. The Hall–Kier alpha value is -1.79. The van der Waals surface area contributed by atoms with Gasteiger partial charge in [0.15, 0.2) is 0 Å². The molecular formula is C17H23F3N2O2. The zero-order valence-electron chi connectivity index (χ0n) is 14.2. The summed E-state index contributed by atoms with van der Waals surface area (Å²) in [6.07, 6.45) is -1.95. The molecule has 1 fully saturated rings. The molecule has 1 aliphatic rings. The molecule has 0 bridgehead atoms. The minimum Gasteiger partial charge on any atom is -0.474 e. The van der Waals surface area contributed by atoms with Crippen LogP contribution in [0.2, 0.25) is 0 Å². The maximum atomic E-state index is 12.5. The molecule has 0 aliphatic carbocycles. The highest BCUT2D eigenvalue weighted by Crippen LogP contribution is 2.29. The molecule has 0 unspecified atom stereocenters. The van der Waals surface area contributed by atoms with E-state index in [-0.39, 0.29) is 23.3 Å². The molecular weight excluding hydrogens is 321 g/mol. The fraction of sp³-hybridized carbons (Fsp3) is 0.647. The summed E-state index contributed by atoms with van der Waals surface area (Å²) >= 11 is 0. The second kappa shape index (κ2) is 6.99. The summed E-state index contributed by atoms with van der Waals surface area (Å²) in [6.45, 7) is 7.27. The number of piperidine rings is 1. The molecule has 134 valence electrons. The molecule has 0 spiro atoms. The third-order valence-electron chi connectivity index (χ3n) is 3.83. The largest absolute Gasteiger partial charge is 0.474 e. The van der Waals surface area contributed by atoms with Gasteiger partial charge in [-0.2, -0.15) is 13.2 Å². The van der Waals surface area contributed by atoms with Crippen molar-refractivity contribution in [2.45, 2.75) is 52.3 Å². The van der Waals surface area contributed by atoms with Crippen LogP contribution in [-0.4, -0.2) is 35.0 Å². The van der Waals surface area contributed by atoms with Gasteiger partial charge in [0, 0.05) is 44.6 Å². The van der Waals surface area contributed by atoms with Crippen LogP contribution in [0, 0.1) is 5.41 Å². The van der Waals surface area contributed by atoms with Gasteiger partial charge in [0.25, 0.3) is 0 Å². The summed E-state index contributed by atoms with van der Waals surface area (Å²) in [7, 11) is 0. The van der Waals surface area contributed by atoms with Crippen molar-refractivity contribution in [1.29, 1.82) is 0 Å². The maximum Gasteiger partial charge on any atom is 0.417 e. The Balaban J connectivity index is 1.84. The highest BCUT2D eigenvalue weighted by atomic mass is 19.4. The van der Waals surface area contributed by atoms with E-state index in [0.717, 1.165) is 12.3 Å². The van der Waals surface area contributed by atoms with Gasteiger partial charge in [-0.05, 0) is 11.5 Å². The zero-order valence-corrected chi connectivity index (χ0v) is 14.2. The van der Waals surface area contributed by atoms with Gasteiger partial charge in [-0.1, -0.05) is 20.8 Å². The quantitative estimate of drug-likeness (QED) is 0.835. The van der Waals surface area contributed by atoms with Gasteiger partial charge in [-0.3, -0.25) is 4.79 Å². The predicted molar refractivity (Wildman–Crippen MR) is 83.5 cm³/mol. The van der Waals surface area contributed by atoms with Gasteiger partial charge < -0.3 is 9.64 Å². The van der Waals surface area contributed by atoms with Crippen molar-refractivity contribution in [3.05, 3.63) is 23.9 Å². The molecule has 7 heteroatoms. The lowest BCUT2D eigenvalue weighted by Gasteiger charge is -2.33. The predicted octanol–water partition coefficient (Wildman–Crippen LogP) is 3.91. The number of aromatic nitrogens is 1. The number of carbonyl (C=O) groups excluding carboxylic acids is 1. The fourth-order valence-corrected chi connectivity index (χ4v) is 2.58. The minimum atomic E-state index is -4.40. The van der Waals surface area contributed by atoms with E-state index in [1.54, 1.807) is 0 Å². The van der Waals surface area contributed by atoms with Crippen LogP contribution in [0.1, 0.15) is 45.6 Å². The van der Waals surface area contributed by atoms with Gasteiger partial charge in [0.1, 0.15) is 6.10 Å². The van der Waals surface area contributed by atoms with Crippen molar-refractivity contribution >= 4 is 5.91 Å². The first-order valence-electron chi connectivity index (χ1n) is 8.02. The van der Waals surface area contributed by atoms with E-state index in [1.165, 1.54) is 6.07 Å². The number of ether oxygens (including phenoxy) is 1.